The van der Waals surface area contributed by atoms with Gasteiger partial charge < -0.3 is 19.1 Å². The van der Waals surface area contributed by atoms with E-state index in [4.69, 9.17) is 14.2 Å². The minimum absolute atomic E-state index is 0.253. The maximum atomic E-state index is 6.53. The summed E-state index contributed by atoms with van der Waals surface area (Å²) in [6.45, 7) is 4.92. The van der Waals surface area contributed by atoms with Crippen molar-refractivity contribution in [1.82, 2.24) is 9.97 Å². The number of para-hydroxylation sites is 1. The van der Waals surface area contributed by atoms with Gasteiger partial charge in [0.2, 0.25) is 0 Å². The lowest BCUT2D eigenvalue weighted by atomic mass is 9.93. The van der Waals surface area contributed by atoms with Gasteiger partial charge in [0.1, 0.15) is 17.2 Å². The van der Waals surface area contributed by atoms with E-state index in [0.717, 1.165) is 56.4 Å². The fourth-order valence-corrected chi connectivity index (χ4v) is 3.55. The van der Waals surface area contributed by atoms with Gasteiger partial charge in [-0.15, -0.1) is 0 Å². The molecule has 2 aliphatic heterocycles. The van der Waals surface area contributed by atoms with Crippen molar-refractivity contribution in [3.8, 4) is 11.8 Å². The van der Waals surface area contributed by atoms with Crippen molar-refractivity contribution in [1.29, 1.82) is 0 Å². The van der Waals surface area contributed by atoms with E-state index in [1.807, 2.05) is 25.1 Å². The van der Waals surface area contributed by atoms with E-state index in [-0.39, 0.29) is 5.60 Å². The highest BCUT2D eigenvalue weighted by Gasteiger charge is 2.40. The number of methoxy groups -OCH3 is 1. The summed E-state index contributed by atoms with van der Waals surface area (Å²) < 4.78 is 17.4. The molecule has 132 valence electrons. The molecule has 1 fully saturated rings. The molecule has 1 saturated heterocycles. The van der Waals surface area contributed by atoms with Gasteiger partial charge in [-0.3, -0.25) is 0 Å². The molecule has 6 heteroatoms. The predicted molar refractivity (Wildman–Crippen MR) is 94.2 cm³/mol. The second-order valence-electron chi connectivity index (χ2n) is 6.72. The van der Waals surface area contributed by atoms with Crippen molar-refractivity contribution in [2.45, 2.75) is 31.9 Å². The van der Waals surface area contributed by atoms with Crippen LogP contribution in [0.1, 0.15) is 24.1 Å². The number of benzene rings is 1. The fraction of sp³-hybridized carbons (Fsp3) is 0.474. The summed E-state index contributed by atoms with van der Waals surface area (Å²) >= 11 is 0. The second-order valence-corrected chi connectivity index (χ2v) is 6.72. The first-order chi connectivity index (χ1) is 12.2. The van der Waals surface area contributed by atoms with Gasteiger partial charge in [-0.2, -0.15) is 4.98 Å². The summed E-state index contributed by atoms with van der Waals surface area (Å²) in [6, 6.07) is 10.7. The van der Waals surface area contributed by atoms with E-state index in [1.54, 1.807) is 7.11 Å². The summed E-state index contributed by atoms with van der Waals surface area (Å²) in [5.74, 6) is 1.83. The Labute approximate surface area is 147 Å². The van der Waals surface area contributed by atoms with Crippen LogP contribution in [0, 0.1) is 6.92 Å². The monoisotopic (exact) mass is 341 g/mol. The third-order valence-corrected chi connectivity index (χ3v) is 4.87. The maximum Gasteiger partial charge on any atom is 0.318 e. The van der Waals surface area contributed by atoms with Gasteiger partial charge in [0.25, 0.3) is 0 Å². The van der Waals surface area contributed by atoms with Crippen molar-refractivity contribution >= 4 is 5.82 Å². The number of hydrogen-bond donors (Lipinski definition) is 0. The predicted octanol–water partition coefficient (Wildman–Crippen LogP) is 2.74. The topological polar surface area (TPSA) is 56.7 Å². The Morgan fingerprint density at radius 2 is 1.96 bits per heavy atom. The van der Waals surface area contributed by atoms with Crippen LogP contribution in [0.2, 0.25) is 0 Å². The molecule has 0 saturated carbocycles. The number of hydrogen-bond acceptors (Lipinski definition) is 6. The Bertz CT molecular complexity index is 759. The van der Waals surface area contributed by atoms with Crippen LogP contribution in [-0.4, -0.2) is 42.4 Å². The molecule has 2 aliphatic rings. The molecule has 6 nitrogen and oxygen atoms in total. The van der Waals surface area contributed by atoms with Gasteiger partial charge >= 0.3 is 6.01 Å². The lowest BCUT2D eigenvalue weighted by Gasteiger charge is -2.39. The third kappa shape index (κ3) is 3.26. The normalized spacial score (nSPS) is 19.0. The van der Waals surface area contributed by atoms with Gasteiger partial charge in [0.05, 0.1) is 26.9 Å². The van der Waals surface area contributed by atoms with Crippen molar-refractivity contribution in [2.24, 2.45) is 0 Å². The SMILES string of the molecule is COc1nc(C)cc(N2Cc3ccccc3OC3(CCOCC3)C2)n1. The van der Waals surface area contributed by atoms with Crippen LogP contribution < -0.4 is 14.4 Å². The highest BCUT2D eigenvalue weighted by molar-refractivity contribution is 5.46. The number of nitrogens with zero attached hydrogens (tertiary/aromatic N) is 3. The molecular weight excluding hydrogens is 318 g/mol. The summed E-state index contributed by atoms with van der Waals surface area (Å²) in [4.78, 5) is 11.2. The number of rotatable bonds is 2. The van der Waals surface area contributed by atoms with Crippen LogP contribution in [0.5, 0.6) is 11.8 Å². The fourth-order valence-electron chi connectivity index (χ4n) is 3.55. The van der Waals surface area contributed by atoms with Crippen molar-refractivity contribution in [3.63, 3.8) is 0 Å². The number of aryl methyl sites for hydroxylation is 1. The van der Waals surface area contributed by atoms with E-state index in [9.17, 15) is 0 Å². The summed E-state index contributed by atoms with van der Waals surface area (Å²) in [5.41, 5.74) is 1.80. The maximum absolute atomic E-state index is 6.53. The van der Waals surface area contributed by atoms with Gasteiger partial charge in [-0.05, 0) is 13.0 Å². The molecule has 4 rings (SSSR count). The number of ether oxygens (including phenoxy) is 3. The van der Waals surface area contributed by atoms with E-state index in [0.29, 0.717) is 6.01 Å². The Morgan fingerprint density at radius 1 is 1.16 bits per heavy atom. The average Bonchev–Trinajstić information content (AvgIpc) is 2.78. The molecule has 1 aromatic carbocycles. The summed E-state index contributed by atoms with van der Waals surface area (Å²) in [7, 11) is 1.60. The van der Waals surface area contributed by atoms with Crippen molar-refractivity contribution < 1.29 is 14.2 Å². The van der Waals surface area contributed by atoms with Crippen molar-refractivity contribution in [3.05, 3.63) is 41.6 Å². The number of fused-ring (bicyclic) bond motifs is 1. The Kier molecular flexibility index (Phi) is 4.21. The van der Waals surface area contributed by atoms with Crippen LogP contribution >= 0.6 is 0 Å². The molecule has 0 aliphatic carbocycles. The van der Waals surface area contributed by atoms with Crippen molar-refractivity contribution in [2.75, 3.05) is 31.8 Å². The molecule has 0 unspecified atom stereocenters. The summed E-state index contributed by atoms with van der Waals surface area (Å²) in [6.07, 6.45) is 1.75. The molecule has 0 amide bonds. The molecule has 25 heavy (non-hydrogen) atoms. The molecule has 0 atom stereocenters. The molecule has 0 radical (unpaired) electrons. The van der Waals surface area contributed by atoms with Crippen LogP contribution in [0.4, 0.5) is 5.82 Å². The van der Waals surface area contributed by atoms with E-state index < -0.39 is 0 Å². The molecule has 0 bridgehead atoms. The third-order valence-electron chi connectivity index (χ3n) is 4.87. The average molecular weight is 341 g/mol. The van der Waals surface area contributed by atoms with Gasteiger partial charge in [0.15, 0.2) is 0 Å². The zero-order chi connectivity index (χ0) is 17.3. The zero-order valence-electron chi connectivity index (χ0n) is 14.7. The standard InChI is InChI=1S/C19H23N3O3/c1-14-11-17(21-18(20-14)23-2)22-12-15-5-3-4-6-16(15)25-19(13-22)7-9-24-10-8-19/h3-6,11H,7-10,12-13H2,1-2H3. The lowest BCUT2D eigenvalue weighted by molar-refractivity contribution is -0.0391. The van der Waals surface area contributed by atoms with Gasteiger partial charge in [-0.25, -0.2) is 4.98 Å². The van der Waals surface area contributed by atoms with E-state index in [2.05, 4.69) is 27.0 Å². The first kappa shape index (κ1) is 16.1. The Balaban J connectivity index is 1.75. The van der Waals surface area contributed by atoms with E-state index in [1.165, 1.54) is 5.56 Å². The quantitative estimate of drug-likeness (QED) is 0.837. The lowest BCUT2D eigenvalue weighted by Crippen LogP contribution is -2.49. The molecule has 1 aromatic heterocycles. The van der Waals surface area contributed by atoms with Crippen LogP contribution in [0.25, 0.3) is 0 Å². The zero-order valence-corrected chi connectivity index (χ0v) is 14.7. The first-order valence-corrected chi connectivity index (χ1v) is 8.67. The van der Waals surface area contributed by atoms with Gasteiger partial charge in [0, 0.05) is 36.7 Å². The largest absolute Gasteiger partial charge is 0.485 e. The Hall–Kier alpha value is -2.34. The van der Waals surface area contributed by atoms with Crippen LogP contribution in [0.15, 0.2) is 30.3 Å². The number of anilines is 1. The van der Waals surface area contributed by atoms with Gasteiger partial charge in [-0.1, -0.05) is 18.2 Å². The molecule has 0 N–H and O–H groups in total. The molecular formula is C19H23N3O3. The minimum Gasteiger partial charge on any atom is -0.485 e. The van der Waals surface area contributed by atoms with Crippen LogP contribution in [0.3, 0.4) is 0 Å². The highest BCUT2D eigenvalue weighted by atomic mass is 16.5. The Morgan fingerprint density at radius 3 is 2.76 bits per heavy atom. The van der Waals surface area contributed by atoms with E-state index >= 15 is 0 Å². The second kappa shape index (κ2) is 6.52. The summed E-state index contributed by atoms with van der Waals surface area (Å²) in [5, 5.41) is 0. The number of aromatic nitrogens is 2. The smallest absolute Gasteiger partial charge is 0.318 e. The minimum atomic E-state index is -0.253. The highest BCUT2D eigenvalue weighted by Crippen LogP contribution is 2.36. The molecule has 2 aromatic rings. The first-order valence-electron chi connectivity index (χ1n) is 8.67. The van der Waals surface area contributed by atoms with Crippen LogP contribution in [-0.2, 0) is 11.3 Å². The molecule has 3 heterocycles. The molecule has 1 spiro atoms.